The molecular weight excluding hydrogens is 241 g/mol. The van der Waals surface area contributed by atoms with Crippen LogP contribution < -0.4 is 0 Å². The first kappa shape index (κ1) is 11.7. The van der Waals surface area contributed by atoms with E-state index in [9.17, 15) is 0 Å². The molecule has 3 heteroatoms. The molecule has 0 spiro atoms. The lowest BCUT2D eigenvalue weighted by atomic mass is 10.1. The molecule has 0 amide bonds. The number of hydrogen-bond donors (Lipinski definition) is 0. The van der Waals surface area contributed by atoms with Gasteiger partial charge >= 0.3 is 0 Å². The van der Waals surface area contributed by atoms with Gasteiger partial charge in [0.2, 0.25) is 0 Å². The summed E-state index contributed by atoms with van der Waals surface area (Å²) >= 11 is 12.3. The SMILES string of the molecule is Cc1cc(Cl)cc2c(Cl)cc(C(C)C)nc12. The molecule has 16 heavy (non-hydrogen) atoms. The molecule has 1 aromatic heterocycles. The third-order valence-corrected chi connectivity index (χ3v) is 3.16. The lowest BCUT2D eigenvalue weighted by molar-refractivity contribution is 0.829. The second kappa shape index (κ2) is 4.23. The number of halogens is 2. The van der Waals surface area contributed by atoms with E-state index in [1.54, 1.807) is 0 Å². The lowest BCUT2D eigenvalue weighted by Gasteiger charge is -2.10. The highest BCUT2D eigenvalue weighted by Gasteiger charge is 2.09. The first-order valence-corrected chi connectivity index (χ1v) is 6.01. The maximum absolute atomic E-state index is 6.25. The van der Waals surface area contributed by atoms with Gasteiger partial charge in [0.15, 0.2) is 0 Å². The van der Waals surface area contributed by atoms with Crippen molar-refractivity contribution in [3.8, 4) is 0 Å². The second-order valence-corrected chi connectivity index (χ2v) is 5.15. The maximum Gasteiger partial charge on any atom is 0.0750 e. The van der Waals surface area contributed by atoms with Gasteiger partial charge in [-0.3, -0.25) is 4.98 Å². The Bertz CT molecular complexity index is 547. The van der Waals surface area contributed by atoms with Gasteiger partial charge in [0.25, 0.3) is 0 Å². The van der Waals surface area contributed by atoms with Gasteiger partial charge in [0.05, 0.1) is 10.5 Å². The molecule has 0 aliphatic carbocycles. The molecule has 0 radical (unpaired) electrons. The Hall–Kier alpha value is -0.790. The quantitative estimate of drug-likeness (QED) is 0.699. The van der Waals surface area contributed by atoms with Crippen molar-refractivity contribution in [1.82, 2.24) is 4.98 Å². The molecule has 84 valence electrons. The van der Waals surface area contributed by atoms with Crippen LogP contribution in [0.5, 0.6) is 0 Å². The van der Waals surface area contributed by atoms with Gasteiger partial charge < -0.3 is 0 Å². The van der Waals surface area contributed by atoms with Crippen molar-refractivity contribution in [2.24, 2.45) is 0 Å². The van der Waals surface area contributed by atoms with Crippen LogP contribution in [0.1, 0.15) is 31.0 Å². The first-order valence-electron chi connectivity index (χ1n) is 5.25. The van der Waals surface area contributed by atoms with Crippen molar-refractivity contribution in [3.63, 3.8) is 0 Å². The number of benzene rings is 1. The summed E-state index contributed by atoms with van der Waals surface area (Å²) in [5.74, 6) is 0.372. The van der Waals surface area contributed by atoms with Crippen LogP contribution in [-0.4, -0.2) is 4.98 Å². The average molecular weight is 254 g/mol. The Morgan fingerprint density at radius 1 is 1.12 bits per heavy atom. The van der Waals surface area contributed by atoms with Crippen LogP contribution >= 0.6 is 23.2 Å². The second-order valence-electron chi connectivity index (χ2n) is 4.30. The molecule has 0 atom stereocenters. The number of fused-ring (bicyclic) bond motifs is 1. The highest BCUT2D eigenvalue weighted by molar-refractivity contribution is 6.36. The summed E-state index contributed by atoms with van der Waals surface area (Å²) in [4.78, 5) is 4.63. The van der Waals surface area contributed by atoms with E-state index in [-0.39, 0.29) is 0 Å². The van der Waals surface area contributed by atoms with Crippen LogP contribution in [0, 0.1) is 6.92 Å². The van der Waals surface area contributed by atoms with Crippen LogP contribution in [0.4, 0.5) is 0 Å². The molecule has 0 bridgehead atoms. The molecule has 0 unspecified atom stereocenters. The van der Waals surface area contributed by atoms with Gasteiger partial charge in [-0.05, 0) is 36.6 Å². The third-order valence-electron chi connectivity index (χ3n) is 2.63. The van der Waals surface area contributed by atoms with E-state index in [0.29, 0.717) is 10.9 Å². The number of pyridine rings is 1. The predicted octanol–water partition coefficient (Wildman–Crippen LogP) is 4.97. The predicted molar refractivity (Wildman–Crippen MR) is 70.6 cm³/mol. The van der Waals surface area contributed by atoms with Crippen LogP contribution in [-0.2, 0) is 0 Å². The Morgan fingerprint density at radius 3 is 2.44 bits per heavy atom. The fourth-order valence-electron chi connectivity index (χ4n) is 1.73. The number of aryl methyl sites for hydroxylation is 1. The van der Waals surface area contributed by atoms with Crippen molar-refractivity contribution < 1.29 is 0 Å². The summed E-state index contributed by atoms with van der Waals surface area (Å²) in [7, 11) is 0. The van der Waals surface area contributed by atoms with Crippen molar-refractivity contribution in [3.05, 3.63) is 39.5 Å². The van der Waals surface area contributed by atoms with E-state index in [1.165, 1.54) is 0 Å². The Balaban J connectivity index is 2.82. The molecule has 0 N–H and O–H groups in total. The zero-order chi connectivity index (χ0) is 11.9. The number of aromatic nitrogens is 1. The Morgan fingerprint density at radius 2 is 1.81 bits per heavy atom. The highest BCUT2D eigenvalue weighted by Crippen LogP contribution is 2.30. The average Bonchev–Trinajstić information content (AvgIpc) is 2.19. The van der Waals surface area contributed by atoms with E-state index in [2.05, 4.69) is 18.8 Å². The van der Waals surface area contributed by atoms with Crippen LogP contribution in [0.25, 0.3) is 10.9 Å². The monoisotopic (exact) mass is 253 g/mol. The zero-order valence-corrected chi connectivity index (χ0v) is 11.0. The topological polar surface area (TPSA) is 12.9 Å². The van der Waals surface area contributed by atoms with Gasteiger partial charge in [-0.1, -0.05) is 37.0 Å². The van der Waals surface area contributed by atoms with Crippen molar-refractivity contribution in [2.75, 3.05) is 0 Å². The Kier molecular flexibility index (Phi) is 3.09. The number of hydrogen-bond acceptors (Lipinski definition) is 1. The van der Waals surface area contributed by atoms with Crippen LogP contribution in [0.3, 0.4) is 0 Å². The summed E-state index contributed by atoms with van der Waals surface area (Å²) in [6, 6.07) is 5.70. The summed E-state index contributed by atoms with van der Waals surface area (Å²) in [5, 5.41) is 2.35. The van der Waals surface area contributed by atoms with Gasteiger partial charge in [-0.25, -0.2) is 0 Å². The molecule has 0 aliphatic rings. The summed E-state index contributed by atoms with van der Waals surface area (Å²) < 4.78 is 0. The minimum atomic E-state index is 0.372. The summed E-state index contributed by atoms with van der Waals surface area (Å²) in [6.07, 6.45) is 0. The Labute approximate surface area is 105 Å². The van der Waals surface area contributed by atoms with Crippen LogP contribution in [0.2, 0.25) is 10.0 Å². The van der Waals surface area contributed by atoms with Gasteiger partial charge in [-0.15, -0.1) is 0 Å². The van der Waals surface area contributed by atoms with Crippen LogP contribution in [0.15, 0.2) is 18.2 Å². The van der Waals surface area contributed by atoms with Crippen molar-refractivity contribution >= 4 is 34.1 Å². The largest absolute Gasteiger partial charge is 0.252 e. The number of nitrogens with zero attached hydrogens (tertiary/aromatic N) is 1. The summed E-state index contributed by atoms with van der Waals surface area (Å²) in [5.41, 5.74) is 3.02. The van der Waals surface area contributed by atoms with Gasteiger partial charge in [-0.2, -0.15) is 0 Å². The third kappa shape index (κ3) is 2.02. The zero-order valence-electron chi connectivity index (χ0n) is 9.51. The van der Waals surface area contributed by atoms with Crippen molar-refractivity contribution in [2.45, 2.75) is 26.7 Å². The number of rotatable bonds is 1. The van der Waals surface area contributed by atoms with Crippen molar-refractivity contribution in [1.29, 1.82) is 0 Å². The molecule has 0 saturated carbocycles. The molecule has 0 aliphatic heterocycles. The molecule has 1 aromatic carbocycles. The minimum absolute atomic E-state index is 0.372. The van der Waals surface area contributed by atoms with E-state index in [0.717, 1.165) is 27.2 Å². The fourth-order valence-corrected chi connectivity index (χ4v) is 2.26. The molecule has 1 heterocycles. The minimum Gasteiger partial charge on any atom is -0.252 e. The molecule has 2 rings (SSSR count). The molecule has 0 saturated heterocycles. The summed E-state index contributed by atoms with van der Waals surface area (Å²) in [6.45, 7) is 6.22. The molecular formula is C13H13Cl2N. The molecule has 2 aromatic rings. The van der Waals surface area contributed by atoms with Gasteiger partial charge in [0, 0.05) is 16.1 Å². The van der Waals surface area contributed by atoms with E-state index < -0.39 is 0 Å². The van der Waals surface area contributed by atoms with E-state index >= 15 is 0 Å². The molecule has 1 nitrogen and oxygen atoms in total. The fraction of sp³-hybridized carbons (Fsp3) is 0.308. The first-order chi connectivity index (χ1) is 7.49. The molecule has 0 fully saturated rings. The lowest BCUT2D eigenvalue weighted by Crippen LogP contribution is -1.95. The maximum atomic E-state index is 6.25. The normalized spacial score (nSPS) is 11.4. The van der Waals surface area contributed by atoms with Gasteiger partial charge in [0.1, 0.15) is 0 Å². The standard InChI is InChI=1S/C13H13Cl2N/c1-7(2)12-6-11(15)10-5-9(14)4-8(3)13(10)16-12/h4-7H,1-3H3. The smallest absolute Gasteiger partial charge is 0.0750 e. The van der Waals surface area contributed by atoms with E-state index in [1.807, 2.05) is 25.1 Å². The highest BCUT2D eigenvalue weighted by atomic mass is 35.5. The van der Waals surface area contributed by atoms with E-state index in [4.69, 9.17) is 23.2 Å².